The summed E-state index contributed by atoms with van der Waals surface area (Å²) in [4.78, 5) is 4.59. The number of rotatable bonds is 8. The second kappa shape index (κ2) is 8.94. The number of benzene rings is 1. The van der Waals surface area contributed by atoms with Crippen LogP contribution in [0.1, 0.15) is 5.76 Å². The van der Waals surface area contributed by atoms with Crippen LogP contribution in [0.3, 0.4) is 0 Å². The molecule has 0 aliphatic carbocycles. The maximum atomic E-state index is 9.31. The highest BCUT2D eigenvalue weighted by molar-refractivity contribution is 5.58. The van der Waals surface area contributed by atoms with Crippen molar-refractivity contribution in [3.63, 3.8) is 0 Å². The van der Waals surface area contributed by atoms with Gasteiger partial charge in [-0.05, 0) is 0 Å². The normalized spacial score (nSPS) is 15.9. The van der Waals surface area contributed by atoms with E-state index in [1.807, 2.05) is 36.4 Å². The fourth-order valence-corrected chi connectivity index (χ4v) is 2.87. The van der Waals surface area contributed by atoms with Crippen molar-refractivity contribution in [2.75, 3.05) is 52.5 Å². The Morgan fingerprint density at radius 2 is 1.92 bits per heavy atom. The monoisotopic (exact) mass is 331 g/mol. The first-order chi connectivity index (χ1) is 11.8. The summed E-state index contributed by atoms with van der Waals surface area (Å²) in [5.74, 6) is 0.823. The van der Waals surface area contributed by atoms with Crippen molar-refractivity contribution in [2.24, 2.45) is 0 Å². The third-order valence-corrected chi connectivity index (χ3v) is 4.26. The summed E-state index contributed by atoms with van der Waals surface area (Å²) in [5, 5.41) is 13.5. The molecule has 3 rings (SSSR count). The van der Waals surface area contributed by atoms with Gasteiger partial charge in [0.05, 0.1) is 26.4 Å². The lowest BCUT2D eigenvalue weighted by molar-refractivity contribution is 0.0315. The summed E-state index contributed by atoms with van der Waals surface area (Å²) in [6.07, 6.45) is 0. The van der Waals surface area contributed by atoms with Gasteiger partial charge in [-0.1, -0.05) is 35.5 Å². The van der Waals surface area contributed by atoms with Gasteiger partial charge in [-0.2, -0.15) is 0 Å². The molecule has 0 radical (unpaired) electrons. The van der Waals surface area contributed by atoms with Crippen LogP contribution in [-0.2, 0) is 11.3 Å². The maximum absolute atomic E-state index is 9.31. The molecule has 0 spiro atoms. The zero-order valence-electron chi connectivity index (χ0n) is 13.9. The molecule has 0 amide bonds. The highest BCUT2D eigenvalue weighted by Gasteiger charge is 2.14. The van der Waals surface area contributed by atoms with Crippen LogP contribution in [0.15, 0.2) is 40.9 Å². The van der Waals surface area contributed by atoms with Crippen LogP contribution < -0.4 is 0 Å². The molecule has 1 aromatic heterocycles. The minimum atomic E-state index is 0.142. The summed E-state index contributed by atoms with van der Waals surface area (Å²) in [7, 11) is 0. The molecule has 2 aromatic rings. The van der Waals surface area contributed by atoms with Gasteiger partial charge >= 0.3 is 0 Å². The summed E-state index contributed by atoms with van der Waals surface area (Å²) < 4.78 is 10.9. The van der Waals surface area contributed by atoms with Crippen LogP contribution in [0.25, 0.3) is 11.3 Å². The summed E-state index contributed by atoms with van der Waals surface area (Å²) >= 11 is 0. The molecule has 6 nitrogen and oxygen atoms in total. The Morgan fingerprint density at radius 3 is 2.67 bits per heavy atom. The second-order valence-electron chi connectivity index (χ2n) is 6.00. The molecule has 6 heteroatoms. The van der Waals surface area contributed by atoms with Gasteiger partial charge in [0.2, 0.25) is 0 Å². The zero-order chi connectivity index (χ0) is 16.6. The minimum absolute atomic E-state index is 0.142. The first-order valence-electron chi connectivity index (χ1n) is 8.49. The van der Waals surface area contributed by atoms with Crippen LogP contribution in [0.4, 0.5) is 0 Å². The molecule has 1 aliphatic heterocycles. The van der Waals surface area contributed by atoms with Crippen molar-refractivity contribution in [1.29, 1.82) is 0 Å². The van der Waals surface area contributed by atoms with Crippen molar-refractivity contribution in [1.82, 2.24) is 15.0 Å². The lowest BCUT2D eigenvalue weighted by Gasteiger charge is -2.29. The van der Waals surface area contributed by atoms with E-state index in [0.717, 1.165) is 56.4 Å². The average Bonchev–Trinajstić information content (AvgIpc) is 3.10. The van der Waals surface area contributed by atoms with E-state index in [4.69, 9.17) is 9.26 Å². The lowest BCUT2D eigenvalue weighted by Crippen LogP contribution is -2.41. The van der Waals surface area contributed by atoms with Gasteiger partial charge < -0.3 is 14.4 Å². The molecule has 1 N–H and O–H groups in total. The van der Waals surface area contributed by atoms with Gasteiger partial charge in [0.25, 0.3) is 0 Å². The van der Waals surface area contributed by atoms with Gasteiger partial charge in [0, 0.05) is 44.4 Å². The molecule has 1 aromatic carbocycles. The number of ether oxygens (including phenoxy) is 1. The highest BCUT2D eigenvalue weighted by Crippen LogP contribution is 2.19. The molecule has 130 valence electrons. The molecular weight excluding hydrogens is 306 g/mol. The predicted molar refractivity (Wildman–Crippen MR) is 91.6 cm³/mol. The number of hydrogen-bond acceptors (Lipinski definition) is 6. The largest absolute Gasteiger partial charge is 0.395 e. The molecule has 1 fully saturated rings. The fourth-order valence-electron chi connectivity index (χ4n) is 2.87. The number of aliphatic hydroxyl groups excluding tert-OH is 1. The molecule has 2 heterocycles. The maximum Gasteiger partial charge on any atom is 0.151 e. The summed E-state index contributed by atoms with van der Waals surface area (Å²) in [5.41, 5.74) is 1.90. The van der Waals surface area contributed by atoms with Crippen LogP contribution in [0, 0.1) is 0 Å². The van der Waals surface area contributed by atoms with Gasteiger partial charge in [-0.15, -0.1) is 0 Å². The zero-order valence-corrected chi connectivity index (χ0v) is 13.9. The minimum Gasteiger partial charge on any atom is -0.395 e. The first kappa shape index (κ1) is 17.1. The number of aliphatic hydroxyl groups is 1. The first-order valence-corrected chi connectivity index (χ1v) is 8.49. The Balaban J connectivity index is 1.55. The van der Waals surface area contributed by atoms with E-state index in [-0.39, 0.29) is 6.61 Å². The third-order valence-electron chi connectivity index (χ3n) is 4.26. The van der Waals surface area contributed by atoms with Crippen molar-refractivity contribution < 1.29 is 14.4 Å². The van der Waals surface area contributed by atoms with E-state index in [9.17, 15) is 5.11 Å². The van der Waals surface area contributed by atoms with E-state index >= 15 is 0 Å². The van der Waals surface area contributed by atoms with E-state index in [1.165, 1.54) is 0 Å². The van der Waals surface area contributed by atoms with Gasteiger partial charge in [-0.25, -0.2) is 0 Å². The molecule has 0 unspecified atom stereocenters. The van der Waals surface area contributed by atoms with Crippen LogP contribution >= 0.6 is 0 Å². The summed E-state index contributed by atoms with van der Waals surface area (Å²) in [6.45, 7) is 6.87. The topological polar surface area (TPSA) is 62.0 Å². The molecule has 0 bridgehead atoms. The fraction of sp³-hybridized carbons (Fsp3) is 0.500. The van der Waals surface area contributed by atoms with Crippen molar-refractivity contribution >= 4 is 0 Å². The van der Waals surface area contributed by atoms with Gasteiger partial charge in [0.1, 0.15) is 5.69 Å². The quantitative estimate of drug-likeness (QED) is 0.790. The van der Waals surface area contributed by atoms with E-state index in [2.05, 4.69) is 15.0 Å². The van der Waals surface area contributed by atoms with Gasteiger partial charge in [-0.3, -0.25) is 9.80 Å². The van der Waals surface area contributed by atoms with E-state index < -0.39 is 0 Å². The highest BCUT2D eigenvalue weighted by atomic mass is 16.5. The van der Waals surface area contributed by atoms with E-state index in [0.29, 0.717) is 13.1 Å². The van der Waals surface area contributed by atoms with Gasteiger partial charge in [0.15, 0.2) is 5.76 Å². The van der Waals surface area contributed by atoms with Crippen LogP contribution in [-0.4, -0.2) is 72.6 Å². The SMILES string of the molecule is OCCN(CCN1CCOCC1)Cc1cc(-c2ccccc2)no1. The standard InChI is InChI=1S/C18H25N3O3/c22-11-8-21(7-6-20-9-12-23-13-10-20)15-17-14-18(19-24-17)16-4-2-1-3-5-16/h1-5,14,22H,6-13,15H2. The van der Waals surface area contributed by atoms with Crippen LogP contribution in [0.2, 0.25) is 0 Å². The molecule has 24 heavy (non-hydrogen) atoms. The molecular formula is C18H25N3O3. The van der Waals surface area contributed by atoms with Crippen LogP contribution in [0.5, 0.6) is 0 Å². The number of morpholine rings is 1. The Bertz CT molecular complexity index is 597. The Hall–Kier alpha value is -1.73. The molecule has 0 saturated carbocycles. The third kappa shape index (κ3) is 4.88. The second-order valence-corrected chi connectivity index (χ2v) is 6.00. The Kier molecular flexibility index (Phi) is 6.37. The van der Waals surface area contributed by atoms with Crippen molar-refractivity contribution in [2.45, 2.75) is 6.54 Å². The Labute approximate surface area is 142 Å². The lowest BCUT2D eigenvalue weighted by atomic mass is 10.1. The molecule has 1 aliphatic rings. The van der Waals surface area contributed by atoms with Crippen molar-refractivity contribution in [3.8, 4) is 11.3 Å². The predicted octanol–water partition coefficient (Wildman–Crippen LogP) is 1.47. The van der Waals surface area contributed by atoms with E-state index in [1.54, 1.807) is 0 Å². The molecule has 0 atom stereocenters. The number of hydrogen-bond donors (Lipinski definition) is 1. The molecule has 1 saturated heterocycles. The average molecular weight is 331 g/mol. The summed E-state index contributed by atoms with van der Waals surface area (Å²) in [6, 6.07) is 12.0. The van der Waals surface area contributed by atoms with Crippen molar-refractivity contribution in [3.05, 3.63) is 42.2 Å². The smallest absolute Gasteiger partial charge is 0.151 e. The number of nitrogens with zero attached hydrogens (tertiary/aromatic N) is 3. The number of aromatic nitrogens is 1. The Morgan fingerprint density at radius 1 is 1.12 bits per heavy atom.